The van der Waals surface area contributed by atoms with Gasteiger partial charge in [0, 0.05) is 45.5 Å². The maximum Gasteiger partial charge on any atom is 0.225 e. The molecule has 2 aliphatic rings. The van der Waals surface area contributed by atoms with E-state index in [1.165, 1.54) is 6.07 Å². The van der Waals surface area contributed by atoms with Crippen molar-refractivity contribution in [2.45, 2.75) is 18.9 Å². The largest absolute Gasteiger partial charge is 0.395 e. The number of aromatic nitrogens is 6. The van der Waals surface area contributed by atoms with E-state index in [1.54, 1.807) is 24.5 Å². The first-order valence-electron chi connectivity index (χ1n) is 14.4. The Balaban J connectivity index is 1.17. The third-order valence-electron chi connectivity index (χ3n) is 8.12. The predicted molar refractivity (Wildman–Crippen MR) is 159 cm³/mol. The summed E-state index contributed by atoms with van der Waals surface area (Å²) >= 11 is 0. The monoisotopic (exact) mass is 565 g/mol. The highest BCUT2D eigenvalue weighted by Gasteiger charge is 2.28. The van der Waals surface area contributed by atoms with Gasteiger partial charge < -0.3 is 14.9 Å². The zero-order valence-corrected chi connectivity index (χ0v) is 23.2. The summed E-state index contributed by atoms with van der Waals surface area (Å²) in [7, 11) is 0. The number of benzene rings is 1. The van der Waals surface area contributed by atoms with E-state index in [-0.39, 0.29) is 18.5 Å². The first-order valence-corrected chi connectivity index (χ1v) is 14.4. The number of anilines is 2. The molecule has 214 valence electrons. The van der Waals surface area contributed by atoms with Gasteiger partial charge in [0.25, 0.3) is 0 Å². The number of hydrogen-bond acceptors (Lipinski definition) is 9. The molecule has 4 aromatic heterocycles. The lowest BCUT2D eigenvalue weighted by Crippen LogP contribution is -2.47. The van der Waals surface area contributed by atoms with E-state index in [0.717, 1.165) is 85.4 Å². The van der Waals surface area contributed by atoms with Gasteiger partial charge in [0.05, 0.1) is 35.9 Å². The number of pyridine rings is 1. The molecule has 0 amide bonds. The van der Waals surface area contributed by atoms with Gasteiger partial charge in [0.15, 0.2) is 5.65 Å². The Labute approximate surface area is 243 Å². The van der Waals surface area contributed by atoms with E-state index in [9.17, 15) is 9.50 Å². The van der Waals surface area contributed by atoms with Crippen molar-refractivity contribution in [1.29, 1.82) is 0 Å². The number of imidazole rings is 1. The molecule has 1 aromatic carbocycles. The fourth-order valence-electron chi connectivity index (χ4n) is 5.97. The Morgan fingerprint density at radius 1 is 0.857 bits per heavy atom. The summed E-state index contributed by atoms with van der Waals surface area (Å²) in [5, 5.41) is 14.2. The van der Waals surface area contributed by atoms with Crippen LogP contribution in [0, 0.1) is 5.82 Å². The Kier molecular flexibility index (Phi) is 7.18. The molecule has 5 aromatic rings. The van der Waals surface area contributed by atoms with Crippen molar-refractivity contribution in [1.82, 2.24) is 34.4 Å². The lowest BCUT2D eigenvalue weighted by Gasteiger charge is -2.34. The molecule has 0 aliphatic carbocycles. The Morgan fingerprint density at radius 2 is 1.69 bits per heavy atom. The third kappa shape index (κ3) is 5.17. The maximum absolute atomic E-state index is 14.0. The number of aliphatic hydroxyl groups is 1. The molecule has 7 rings (SSSR count). The van der Waals surface area contributed by atoms with E-state index in [1.807, 2.05) is 47.0 Å². The van der Waals surface area contributed by atoms with E-state index < -0.39 is 0 Å². The highest BCUT2D eigenvalue weighted by Crippen LogP contribution is 2.36. The molecule has 0 spiro atoms. The number of nitrogens with zero attached hydrogens (tertiary/aromatic N) is 9. The molecule has 11 heteroatoms. The SMILES string of the molecule is OCCN1CCN(c2nccc(-c3cccc(-c4cnc5ccc(N6CCC[C@@H]6c6cccc(F)c6)nn45)n3)n2)CC1. The maximum atomic E-state index is 14.0. The fraction of sp³-hybridized carbons (Fsp3) is 0.323. The average molecular weight is 566 g/mol. The topological polar surface area (TPSA) is 98.8 Å². The highest BCUT2D eigenvalue weighted by atomic mass is 19.1. The summed E-state index contributed by atoms with van der Waals surface area (Å²) in [6.07, 6.45) is 5.53. The summed E-state index contributed by atoms with van der Waals surface area (Å²) in [5.41, 5.74) is 4.71. The summed E-state index contributed by atoms with van der Waals surface area (Å²) in [5.74, 6) is 1.29. The van der Waals surface area contributed by atoms with Crippen molar-refractivity contribution in [3.63, 3.8) is 0 Å². The van der Waals surface area contributed by atoms with Crippen LogP contribution in [-0.4, -0.2) is 85.4 Å². The number of hydrogen-bond donors (Lipinski definition) is 1. The molecule has 1 N–H and O–H groups in total. The Bertz CT molecular complexity index is 1700. The number of rotatable bonds is 7. The summed E-state index contributed by atoms with van der Waals surface area (Å²) < 4.78 is 15.8. The molecule has 2 saturated heterocycles. The van der Waals surface area contributed by atoms with Crippen LogP contribution in [0.3, 0.4) is 0 Å². The van der Waals surface area contributed by atoms with Gasteiger partial charge in [0.1, 0.15) is 17.3 Å². The van der Waals surface area contributed by atoms with E-state index in [2.05, 4.69) is 24.7 Å². The molecule has 0 radical (unpaired) electrons. The zero-order valence-electron chi connectivity index (χ0n) is 23.2. The van der Waals surface area contributed by atoms with Gasteiger partial charge in [-0.25, -0.2) is 28.8 Å². The highest BCUT2D eigenvalue weighted by molar-refractivity contribution is 5.65. The van der Waals surface area contributed by atoms with Gasteiger partial charge in [-0.2, -0.15) is 0 Å². The molecule has 2 fully saturated rings. The van der Waals surface area contributed by atoms with Crippen LogP contribution in [0.5, 0.6) is 0 Å². The van der Waals surface area contributed by atoms with Crippen molar-refractivity contribution in [3.05, 3.63) is 84.4 Å². The van der Waals surface area contributed by atoms with Crippen LogP contribution in [-0.2, 0) is 0 Å². The van der Waals surface area contributed by atoms with Crippen molar-refractivity contribution in [2.24, 2.45) is 0 Å². The van der Waals surface area contributed by atoms with Gasteiger partial charge in [-0.15, -0.1) is 5.10 Å². The Morgan fingerprint density at radius 3 is 2.55 bits per heavy atom. The third-order valence-corrected chi connectivity index (χ3v) is 8.12. The standard InChI is InChI=1S/C31H32FN9O/c32-23-5-1-4-22(20-23)27-8-3-13-40(27)30-10-9-29-34-21-28(41(29)37-30)26-7-2-6-24(35-26)25-11-12-33-31(36-25)39-16-14-38(15-17-39)18-19-42/h1-2,4-7,9-12,20-21,27,42H,3,8,13-19H2/t27-/m1/s1. The van der Waals surface area contributed by atoms with Crippen molar-refractivity contribution < 1.29 is 9.50 Å². The number of aliphatic hydroxyl groups excluding tert-OH is 1. The molecule has 0 bridgehead atoms. The van der Waals surface area contributed by atoms with E-state index >= 15 is 0 Å². The summed E-state index contributed by atoms with van der Waals surface area (Å²) in [4.78, 5) is 25.6. The quantitative estimate of drug-likeness (QED) is 0.316. The smallest absolute Gasteiger partial charge is 0.225 e. The average Bonchev–Trinajstić information content (AvgIpc) is 3.69. The molecule has 2 aliphatic heterocycles. The zero-order chi connectivity index (χ0) is 28.5. The van der Waals surface area contributed by atoms with Crippen LogP contribution in [0.15, 0.2) is 73.1 Å². The van der Waals surface area contributed by atoms with Gasteiger partial charge in [0.2, 0.25) is 5.95 Å². The van der Waals surface area contributed by atoms with Crippen LogP contribution >= 0.6 is 0 Å². The molecule has 10 nitrogen and oxygen atoms in total. The van der Waals surface area contributed by atoms with Crippen LogP contribution < -0.4 is 9.80 Å². The molecule has 0 unspecified atom stereocenters. The molecular weight excluding hydrogens is 533 g/mol. The lowest BCUT2D eigenvalue weighted by molar-refractivity contribution is 0.188. The van der Waals surface area contributed by atoms with Crippen LogP contribution in [0.2, 0.25) is 0 Å². The number of piperazine rings is 1. The van der Waals surface area contributed by atoms with E-state index in [4.69, 9.17) is 15.1 Å². The number of fused-ring (bicyclic) bond motifs is 1. The Hall–Kier alpha value is -4.48. The molecule has 1 atom stereocenters. The van der Waals surface area contributed by atoms with Crippen molar-refractivity contribution >= 4 is 17.4 Å². The lowest BCUT2D eigenvalue weighted by atomic mass is 10.0. The van der Waals surface area contributed by atoms with Gasteiger partial charge in [-0.3, -0.25) is 4.90 Å². The van der Waals surface area contributed by atoms with Crippen molar-refractivity contribution in [2.75, 3.05) is 55.7 Å². The number of β-amino-alcohol motifs (C(OH)–C–C–N with tert-alkyl or cyclic N) is 1. The first-order chi connectivity index (χ1) is 20.7. The van der Waals surface area contributed by atoms with Crippen LogP contribution in [0.4, 0.5) is 16.2 Å². The fourth-order valence-corrected chi connectivity index (χ4v) is 5.97. The normalized spacial score (nSPS) is 17.8. The minimum atomic E-state index is -0.220. The first kappa shape index (κ1) is 26.4. The van der Waals surface area contributed by atoms with Gasteiger partial charge in [-0.05, 0) is 60.9 Å². The number of halogens is 1. The second-order valence-electron chi connectivity index (χ2n) is 10.7. The van der Waals surface area contributed by atoms with Crippen LogP contribution in [0.25, 0.3) is 28.4 Å². The predicted octanol–water partition coefficient (Wildman–Crippen LogP) is 3.84. The van der Waals surface area contributed by atoms with Crippen molar-refractivity contribution in [3.8, 4) is 22.8 Å². The molecule has 0 saturated carbocycles. The van der Waals surface area contributed by atoms with Gasteiger partial charge in [-0.1, -0.05) is 18.2 Å². The second-order valence-corrected chi connectivity index (χ2v) is 10.7. The minimum Gasteiger partial charge on any atom is -0.395 e. The minimum absolute atomic E-state index is 0.0729. The summed E-state index contributed by atoms with van der Waals surface area (Å²) in [6, 6.07) is 18.6. The van der Waals surface area contributed by atoms with E-state index in [0.29, 0.717) is 12.5 Å². The van der Waals surface area contributed by atoms with Crippen LogP contribution in [0.1, 0.15) is 24.4 Å². The summed E-state index contributed by atoms with van der Waals surface area (Å²) in [6.45, 7) is 5.07. The molecule has 42 heavy (non-hydrogen) atoms. The van der Waals surface area contributed by atoms with Gasteiger partial charge >= 0.3 is 0 Å². The molecular formula is C31H32FN9O. The molecule has 6 heterocycles. The second kappa shape index (κ2) is 11.4.